The van der Waals surface area contributed by atoms with Crippen molar-refractivity contribution in [3.63, 3.8) is 0 Å². The van der Waals surface area contributed by atoms with Gasteiger partial charge < -0.3 is 15.8 Å². The maximum atomic E-state index is 12.9. The lowest BCUT2D eigenvalue weighted by molar-refractivity contribution is -0.119. The van der Waals surface area contributed by atoms with Gasteiger partial charge in [0.1, 0.15) is 11.8 Å². The number of aromatic nitrogens is 3. The van der Waals surface area contributed by atoms with Gasteiger partial charge in [-0.1, -0.05) is 48.5 Å². The van der Waals surface area contributed by atoms with E-state index in [1.165, 1.54) is 11.8 Å². The SMILES string of the molecule is CCC(C(=O)Nc1ccc(OC)cc1)n1c(N)nnc1SCc1ccccc1Cl. The molecular weight excluding hydrogens is 410 g/mol. The second-order valence-corrected chi connectivity index (χ2v) is 7.58. The van der Waals surface area contributed by atoms with E-state index in [2.05, 4.69) is 15.5 Å². The number of nitrogens with two attached hydrogens (primary N) is 1. The molecule has 1 atom stereocenters. The van der Waals surface area contributed by atoms with Crippen LogP contribution in [0.5, 0.6) is 5.75 Å². The lowest BCUT2D eigenvalue weighted by Gasteiger charge is -2.19. The van der Waals surface area contributed by atoms with Crippen LogP contribution in [0.1, 0.15) is 24.9 Å². The van der Waals surface area contributed by atoms with E-state index in [1.54, 1.807) is 35.9 Å². The molecule has 3 N–H and O–H groups in total. The third-order valence-corrected chi connectivity index (χ3v) is 5.72. The van der Waals surface area contributed by atoms with Crippen LogP contribution in [-0.4, -0.2) is 27.8 Å². The summed E-state index contributed by atoms with van der Waals surface area (Å²) in [6.07, 6.45) is 0.532. The number of methoxy groups -OCH3 is 1. The Hall–Kier alpha value is -2.71. The molecule has 0 aliphatic heterocycles. The smallest absolute Gasteiger partial charge is 0.247 e. The third kappa shape index (κ3) is 5.02. The molecule has 0 aliphatic rings. The Morgan fingerprint density at radius 1 is 1.24 bits per heavy atom. The molecule has 29 heavy (non-hydrogen) atoms. The first-order valence-electron chi connectivity index (χ1n) is 9.05. The first-order valence-corrected chi connectivity index (χ1v) is 10.4. The quantitative estimate of drug-likeness (QED) is 0.513. The van der Waals surface area contributed by atoms with E-state index in [4.69, 9.17) is 22.1 Å². The summed E-state index contributed by atoms with van der Waals surface area (Å²) in [6.45, 7) is 1.92. The zero-order chi connectivity index (χ0) is 20.8. The fraction of sp³-hybridized carbons (Fsp3) is 0.250. The molecular formula is C20H22ClN5O2S. The van der Waals surface area contributed by atoms with Crippen LogP contribution in [0.25, 0.3) is 0 Å². The minimum atomic E-state index is -0.541. The molecule has 0 aliphatic carbocycles. The summed E-state index contributed by atoms with van der Waals surface area (Å²) in [7, 11) is 1.59. The van der Waals surface area contributed by atoms with Gasteiger partial charge in [0.15, 0.2) is 5.16 Å². The lowest BCUT2D eigenvalue weighted by atomic mass is 10.2. The van der Waals surface area contributed by atoms with Crippen LogP contribution >= 0.6 is 23.4 Å². The van der Waals surface area contributed by atoms with Crippen LogP contribution in [0, 0.1) is 0 Å². The van der Waals surface area contributed by atoms with Crippen molar-refractivity contribution in [1.29, 1.82) is 0 Å². The van der Waals surface area contributed by atoms with Crippen LogP contribution in [0.4, 0.5) is 11.6 Å². The van der Waals surface area contributed by atoms with E-state index in [-0.39, 0.29) is 11.9 Å². The number of nitrogen functional groups attached to an aromatic ring is 1. The predicted molar refractivity (Wildman–Crippen MR) is 116 cm³/mol. The summed E-state index contributed by atoms with van der Waals surface area (Å²) < 4.78 is 6.81. The molecule has 3 aromatic rings. The number of carbonyl (C=O) groups excluding carboxylic acids is 1. The topological polar surface area (TPSA) is 95.1 Å². The molecule has 1 amide bonds. The van der Waals surface area contributed by atoms with Crippen LogP contribution in [0.15, 0.2) is 53.7 Å². The number of anilines is 2. The van der Waals surface area contributed by atoms with Crippen molar-refractivity contribution in [1.82, 2.24) is 14.8 Å². The van der Waals surface area contributed by atoms with Gasteiger partial charge in [-0.15, -0.1) is 10.2 Å². The Balaban J connectivity index is 1.77. The Morgan fingerprint density at radius 3 is 2.62 bits per heavy atom. The average molecular weight is 432 g/mol. The first kappa shape index (κ1) is 21.0. The Morgan fingerprint density at radius 2 is 1.97 bits per heavy atom. The van der Waals surface area contributed by atoms with Gasteiger partial charge in [-0.25, -0.2) is 0 Å². The summed E-state index contributed by atoms with van der Waals surface area (Å²) >= 11 is 7.67. The number of thioether (sulfide) groups is 1. The first-order chi connectivity index (χ1) is 14.0. The number of benzene rings is 2. The average Bonchev–Trinajstić information content (AvgIpc) is 3.09. The number of amides is 1. The van der Waals surface area contributed by atoms with Gasteiger partial charge in [0.2, 0.25) is 11.9 Å². The monoisotopic (exact) mass is 431 g/mol. The van der Waals surface area contributed by atoms with Gasteiger partial charge in [-0.2, -0.15) is 0 Å². The highest BCUT2D eigenvalue weighted by Crippen LogP contribution is 2.30. The van der Waals surface area contributed by atoms with Crippen LogP contribution < -0.4 is 15.8 Å². The lowest BCUT2D eigenvalue weighted by Crippen LogP contribution is -2.27. The highest BCUT2D eigenvalue weighted by Gasteiger charge is 2.25. The minimum Gasteiger partial charge on any atom is -0.497 e. The van der Waals surface area contributed by atoms with Gasteiger partial charge in [0, 0.05) is 16.5 Å². The molecule has 1 heterocycles. The van der Waals surface area contributed by atoms with Crippen molar-refractivity contribution >= 4 is 40.9 Å². The second-order valence-electron chi connectivity index (χ2n) is 6.23. The van der Waals surface area contributed by atoms with E-state index < -0.39 is 6.04 Å². The van der Waals surface area contributed by atoms with Crippen LogP contribution in [0.3, 0.4) is 0 Å². The molecule has 0 fully saturated rings. The molecule has 0 bridgehead atoms. The van der Waals surface area contributed by atoms with Crippen molar-refractivity contribution in [2.45, 2.75) is 30.3 Å². The predicted octanol–water partition coefficient (Wildman–Crippen LogP) is 4.40. The summed E-state index contributed by atoms with van der Waals surface area (Å²) in [5, 5.41) is 12.3. The van der Waals surface area contributed by atoms with Crippen LogP contribution in [0.2, 0.25) is 5.02 Å². The van der Waals surface area contributed by atoms with Gasteiger partial charge in [-0.3, -0.25) is 9.36 Å². The van der Waals surface area contributed by atoms with E-state index in [0.717, 1.165) is 11.3 Å². The number of hydrogen-bond donors (Lipinski definition) is 2. The molecule has 2 aromatic carbocycles. The number of hydrogen-bond acceptors (Lipinski definition) is 6. The van der Waals surface area contributed by atoms with Crippen LogP contribution in [-0.2, 0) is 10.5 Å². The molecule has 1 aromatic heterocycles. The maximum absolute atomic E-state index is 12.9. The molecule has 0 spiro atoms. The summed E-state index contributed by atoms with van der Waals surface area (Å²) in [4.78, 5) is 12.9. The number of ether oxygens (including phenoxy) is 1. The Bertz CT molecular complexity index is 977. The van der Waals surface area contributed by atoms with E-state index in [0.29, 0.717) is 28.0 Å². The van der Waals surface area contributed by atoms with Crippen molar-refractivity contribution in [2.24, 2.45) is 0 Å². The number of rotatable bonds is 8. The standard InChI is InChI=1S/C20H22ClN5O2S/c1-3-17(18(27)23-14-8-10-15(28-2)11-9-14)26-19(22)24-25-20(26)29-12-13-6-4-5-7-16(13)21/h4-11,17H,3,12H2,1-2H3,(H2,22,24)(H,23,27). The van der Waals surface area contributed by atoms with Crippen molar-refractivity contribution in [2.75, 3.05) is 18.2 Å². The fourth-order valence-corrected chi connectivity index (χ4v) is 4.10. The fourth-order valence-electron chi connectivity index (χ4n) is 2.82. The van der Waals surface area contributed by atoms with Gasteiger partial charge >= 0.3 is 0 Å². The normalized spacial score (nSPS) is 11.8. The minimum absolute atomic E-state index is 0.191. The van der Waals surface area contributed by atoms with Gasteiger partial charge in [0.25, 0.3) is 0 Å². The number of nitrogens with one attached hydrogen (secondary N) is 1. The van der Waals surface area contributed by atoms with Crippen molar-refractivity contribution < 1.29 is 9.53 Å². The van der Waals surface area contributed by atoms with E-state index >= 15 is 0 Å². The summed E-state index contributed by atoms with van der Waals surface area (Å²) in [5.41, 5.74) is 7.69. The summed E-state index contributed by atoms with van der Waals surface area (Å²) in [5.74, 6) is 1.32. The molecule has 0 radical (unpaired) electrons. The zero-order valence-electron chi connectivity index (χ0n) is 16.1. The third-order valence-electron chi connectivity index (χ3n) is 4.36. The molecule has 7 nitrogen and oxygen atoms in total. The van der Waals surface area contributed by atoms with Crippen molar-refractivity contribution in [3.8, 4) is 5.75 Å². The number of nitrogens with zero attached hydrogens (tertiary/aromatic N) is 3. The molecule has 0 saturated heterocycles. The summed E-state index contributed by atoms with van der Waals surface area (Å²) in [6, 6.07) is 14.2. The molecule has 152 valence electrons. The molecule has 3 rings (SSSR count). The maximum Gasteiger partial charge on any atom is 0.247 e. The zero-order valence-corrected chi connectivity index (χ0v) is 17.7. The van der Waals surface area contributed by atoms with E-state index in [1.807, 2.05) is 31.2 Å². The number of halogens is 1. The highest BCUT2D eigenvalue weighted by atomic mass is 35.5. The molecule has 1 unspecified atom stereocenters. The molecule has 9 heteroatoms. The van der Waals surface area contributed by atoms with E-state index in [9.17, 15) is 4.79 Å². The Labute approximate surface area is 178 Å². The highest BCUT2D eigenvalue weighted by molar-refractivity contribution is 7.98. The van der Waals surface area contributed by atoms with Crippen molar-refractivity contribution in [3.05, 3.63) is 59.1 Å². The second kappa shape index (κ2) is 9.67. The molecule has 0 saturated carbocycles. The largest absolute Gasteiger partial charge is 0.497 e. The Kier molecular flexibility index (Phi) is 7.00. The number of carbonyl (C=O) groups is 1. The van der Waals surface area contributed by atoms with Gasteiger partial charge in [0.05, 0.1) is 7.11 Å². The van der Waals surface area contributed by atoms with Gasteiger partial charge in [-0.05, 0) is 42.3 Å².